The molecule has 2 N–H and O–H groups in total. The summed E-state index contributed by atoms with van der Waals surface area (Å²) in [5.41, 5.74) is 1.10. The van der Waals surface area contributed by atoms with E-state index >= 15 is 0 Å². The highest BCUT2D eigenvalue weighted by Crippen LogP contribution is 2.12. The van der Waals surface area contributed by atoms with Gasteiger partial charge in [-0.2, -0.15) is 0 Å². The van der Waals surface area contributed by atoms with Gasteiger partial charge in [-0.15, -0.1) is 0 Å². The van der Waals surface area contributed by atoms with Crippen LogP contribution >= 0.6 is 0 Å². The number of nitrogens with zero attached hydrogens (tertiary/aromatic N) is 4. The van der Waals surface area contributed by atoms with Crippen LogP contribution in [0.3, 0.4) is 0 Å². The lowest BCUT2D eigenvalue weighted by Gasteiger charge is -2.40. The number of pyridine rings is 1. The van der Waals surface area contributed by atoms with Crippen LogP contribution < -0.4 is 10.6 Å². The molecule has 1 aromatic heterocycles. The first kappa shape index (κ1) is 19.7. The van der Waals surface area contributed by atoms with Gasteiger partial charge in [0.1, 0.15) is 0 Å². The number of guanidine groups is 1. The molecule has 0 aliphatic carbocycles. The highest BCUT2D eigenvalue weighted by Gasteiger charge is 2.24. The average Bonchev–Trinajstić information content (AvgIpc) is 2.62. The Balaban J connectivity index is 1.77. The first-order valence-corrected chi connectivity index (χ1v) is 9.37. The van der Waals surface area contributed by atoms with E-state index in [0.717, 1.165) is 57.3 Å². The average molecular weight is 347 g/mol. The number of likely N-dealkylation sites (N-methyl/N-ethyl adjacent to an activating group) is 1. The predicted molar refractivity (Wildman–Crippen MR) is 105 cm³/mol. The highest BCUT2D eigenvalue weighted by molar-refractivity contribution is 5.79. The topological polar surface area (TPSA) is 55.8 Å². The number of piperazine rings is 1. The molecule has 0 bridgehead atoms. The smallest absolute Gasteiger partial charge is 0.191 e. The van der Waals surface area contributed by atoms with Crippen LogP contribution in [-0.2, 0) is 6.42 Å². The normalized spacial score (nSPS) is 18.4. The number of hydrogen-bond donors (Lipinski definition) is 2. The summed E-state index contributed by atoms with van der Waals surface area (Å²) in [6.45, 7) is 11.0. The van der Waals surface area contributed by atoms with Crippen LogP contribution in [0.5, 0.6) is 0 Å². The Kier molecular flexibility index (Phi) is 8.15. The second kappa shape index (κ2) is 10.4. The van der Waals surface area contributed by atoms with E-state index in [-0.39, 0.29) is 0 Å². The summed E-state index contributed by atoms with van der Waals surface area (Å²) in [6, 6.07) is 6.56. The van der Waals surface area contributed by atoms with Gasteiger partial charge in [-0.05, 0) is 25.1 Å². The van der Waals surface area contributed by atoms with Crippen LogP contribution in [0.1, 0.15) is 19.5 Å². The minimum atomic E-state index is 0.531. The van der Waals surface area contributed by atoms with Crippen molar-refractivity contribution >= 4 is 5.96 Å². The summed E-state index contributed by atoms with van der Waals surface area (Å²) in [4.78, 5) is 13.7. The van der Waals surface area contributed by atoms with Gasteiger partial charge in [0, 0.05) is 70.7 Å². The highest BCUT2D eigenvalue weighted by atomic mass is 15.3. The van der Waals surface area contributed by atoms with Crippen molar-refractivity contribution in [3.8, 4) is 0 Å². The van der Waals surface area contributed by atoms with Crippen molar-refractivity contribution < 1.29 is 0 Å². The molecule has 2 heterocycles. The van der Waals surface area contributed by atoms with Gasteiger partial charge in [0.05, 0.1) is 0 Å². The van der Waals surface area contributed by atoms with Crippen molar-refractivity contribution in [2.75, 3.05) is 53.4 Å². The fourth-order valence-electron chi connectivity index (χ4n) is 3.22. The summed E-state index contributed by atoms with van der Waals surface area (Å²) in [6.07, 6.45) is 2.74. The summed E-state index contributed by atoms with van der Waals surface area (Å²) in [5.74, 6) is 1.48. The zero-order chi connectivity index (χ0) is 18.1. The third-order valence-corrected chi connectivity index (χ3v) is 4.88. The number of aliphatic imine (C=N–C) groups is 1. The third kappa shape index (κ3) is 6.63. The lowest BCUT2D eigenvalue weighted by Crippen LogP contribution is -2.55. The SMILES string of the molecule is CN=C(NCCc1ccccn1)NCC(C(C)C)N1CCN(C)CC1. The van der Waals surface area contributed by atoms with E-state index in [1.807, 2.05) is 25.4 Å². The lowest BCUT2D eigenvalue weighted by molar-refractivity contribution is 0.0900. The van der Waals surface area contributed by atoms with Crippen molar-refractivity contribution in [1.82, 2.24) is 25.4 Å². The maximum Gasteiger partial charge on any atom is 0.191 e. The molecule has 1 saturated heterocycles. The summed E-state index contributed by atoms with van der Waals surface area (Å²) in [7, 11) is 4.03. The molecular formula is C19H34N6. The molecule has 1 aromatic rings. The Morgan fingerprint density at radius 1 is 1.20 bits per heavy atom. The van der Waals surface area contributed by atoms with Gasteiger partial charge in [-0.25, -0.2) is 0 Å². The zero-order valence-electron chi connectivity index (χ0n) is 16.2. The monoisotopic (exact) mass is 346 g/mol. The molecule has 2 rings (SSSR count). The molecule has 140 valence electrons. The quantitative estimate of drug-likeness (QED) is 0.571. The maximum absolute atomic E-state index is 4.36. The van der Waals surface area contributed by atoms with Crippen molar-refractivity contribution in [2.45, 2.75) is 26.3 Å². The standard InChI is InChI=1S/C19H34N6/c1-16(2)18(25-13-11-24(4)12-14-25)15-23-19(20-3)22-10-8-17-7-5-6-9-21-17/h5-7,9,16,18H,8,10-15H2,1-4H3,(H2,20,22,23). The lowest BCUT2D eigenvalue weighted by atomic mass is 10.0. The first-order chi connectivity index (χ1) is 12.1. The Morgan fingerprint density at radius 2 is 1.96 bits per heavy atom. The number of aromatic nitrogens is 1. The van der Waals surface area contributed by atoms with E-state index in [1.54, 1.807) is 0 Å². The maximum atomic E-state index is 4.36. The van der Waals surface area contributed by atoms with Gasteiger partial charge < -0.3 is 15.5 Å². The minimum Gasteiger partial charge on any atom is -0.356 e. The number of rotatable bonds is 7. The molecule has 6 heteroatoms. The van der Waals surface area contributed by atoms with Crippen LogP contribution in [0.15, 0.2) is 29.4 Å². The fraction of sp³-hybridized carbons (Fsp3) is 0.684. The fourth-order valence-corrected chi connectivity index (χ4v) is 3.22. The molecule has 6 nitrogen and oxygen atoms in total. The molecule has 0 amide bonds. The van der Waals surface area contributed by atoms with Crippen LogP contribution in [0.2, 0.25) is 0 Å². The van der Waals surface area contributed by atoms with E-state index in [0.29, 0.717) is 12.0 Å². The largest absolute Gasteiger partial charge is 0.356 e. The molecule has 0 aromatic carbocycles. The first-order valence-electron chi connectivity index (χ1n) is 9.37. The Bertz CT molecular complexity index is 508. The van der Waals surface area contributed by atoms with Gasteiger partial charge in [0.2, 0.25) is 0 Å². The van der Waals surface area contributed by atoms with E-state index in [4.69, 9.17) is 0 Å². The van der Waals surface area contributed by atoms with Crippen LogP contribution in [0.4, 0.5) is 0 Å². The number of nitrogens with one attached hydrogen (secondary N) is 2. The Labute approximate surface area is 152 Å². The van der Waals surface area contributed by atoms with Gasteiger partial charge in [0.15, 0.2) is 5.96 Å². The molecule has 0 radical (unpaired) electrons. The van der Waals surface area contributed by atoms with Crippen LogP contribution in [0, 0.1) is 5.92 Å². The van der Waals surface area contributed by atoms with Crippen molar-refractivity contribution in [3.05, 3.63) is 30.1 Å². The zero-order valence-corrected chi connectivity index (χ0v) is 16.2. The second-order valence-electron chi connectivity index (χ2n) is 7.10. The van der Waals surface area contributed by atoms with Gasteiger partial charge in [0.25, 0.3) is 0 Å². The molecule has 1 aliphatic rings. The van der Waals surface area contributed by atoms with Crippen LogP contribution in [-0.4, -0.2) is 80.1 Å². The van der Waals surface area contributed by atoms with Crippen molar-refractivity contribution in [1.29, 1.82) is 0 Å². The van der Waals surface area contributed by atoms with E-state index in [2.05, 4.69) is 57.4 Å². The van der Waals surface area contributed by atoms with Gasteiger partial charge in [-0.1, -0.05) is 19.9 Å². The minimum absolute atomic E-state index is 0.531. The molecule has 0 spiro atoms. The summed E-state index contributed by atoms with van der Waals surface area (Å²) < 4.78 is 0. The van der Waals surface area contributed by atoms with Crippen molar-refractivity contribution in [3.63, 3.8) is 0 Å². The Hall–Kier alpha value is -1.66. The second-order valence-corrected chi connectivity index (χ2v) is 7.10. The van der Waals surface area contributed by atoms with Gasteiger partial charge in [-0.3, -0.25) is 14.9 Å². The molecular weight excluding hydrogens is 312 g/mol. The third-order valence-electron chi connectivity index (χ3n) is 4.88. The molecule has 1 aliphatic heterocycles. The predicted octanol–water partition coefficient (Wildman–Crippen LogP) is 1.06. The van der Waals surface area contributed by atoms with Gasteiger partial charge >= 0.3 is 0 Å². The molecule has 1 atom stereocenters. The van der Waals surface area contributed by atoms with Crippen molar-refractivity contribution in [2.24, 2.45) is 10.9 Å². The van der Waals surface area contributed by atoms with E-state index in [9.17, 15) is 0 Å². The van der Waals surface area contributed by atoms with Crippen LogP contribution in [0.25, 0.3) is 0 Å². The van der Waals surface area contributed by atoms with E-state index in [1.165, 1.54) is 0 Å². The molecule has 0 saturated carbocycles. The molecule has 1 unspecified atom stereocenters. The summed E-state index contributed by atoms with van der Waals surface area (Å²) in [5, 5.41) is 6.90. The summed E-state index contributed by atoms with van der Waals surface area (Å²) >= 11 is 0. The molecule has 25 heavy (non-hydrogen) atoms. The van der Waals surface area contributed by atoms with E-state index < -0.39 is 0 Å². The molecule has 1 fully saturated rings. The Morgan fingerprint density at radius 3 is 2.56 bits per heavy atom. The number of hydrogen-bond acceptors (Lipinski definition) is 4.